The third-order valence-corrected chi connectivity index (χ3v) is 5.76. The Labute approximate surface area is 131 Å². The predicted molar refractivity (Wildman–Crippen MR) is 88.2 cm³/mol. The Kier molecular flexibility index (Phi) is 4.67. The first-order chi connectivity index (χ1) is 10.2. The lowest BCUT2D eigenvalue weighted by atomic mass is 10.1. The number of rotatable bonds is 4. The van der Waals surface area contributed by atoms with Crippen LogP contribution in [0.15, 0.2) is 29.2 Å². The zero-order valence-corrected chi connectivity index (χ0v) is 13.7. The van der Waals surface area contributed by atoms with Crippen LogP contribution in [0.25, 0.3) is 0 Å². The van der Waals surface area contributed by atoms with Crippen LogP contribution in [0.1, 0.15) is 29.6 Å². The summed E-state index contributed by atoms with van der Waals surface area (Å²) in [5.74, 6) is 0.253. The van der Waals surface area contributed by atoms with Gasteiger partial charge in [-0.15, -0.1) is 11.8 Å². The number of benzene rings is 1. The van der Waals surface area contributed by atoms with E-state index in [-0.39, 0.29) is 5.78 Å². The maximum Gasteiger partial charge on any atom is 0.176 e. The first-order valence-corrected chi connectivity index (χ1v) is 9.01. The molecule has 0 saturated carbocycles. The minimum absolute atomic E-state index is 0.253. The Balaban J connectivity index is 1.61. The fourth-order valence-electron chi connectivity index (χ4n) is 3.59. The van der Waals surface area contributed by atoms with Crippen molar-refractivity contribution in [3.05, 3.63) is 29.8 Å². The number of fused-ring (bicyclic) bond motifs is 2. The van der Waals surface area contributed by atoms with Crippen LogP contribution in [0.2, 0.25) is 0 Å². The quantitative estimate of drug-likeness (QED) is 0.630. The van der Waals surface area contributed by atoms with Gasteiger partial charge in [-0.25, -0.2) is 0 Å². The molecule has 3 nitrogen and oxygen atoms in total. The summed E-state index contributed by atoms with van der Waals surface area (Å²) >= 11 is 1.71. The molecule has 4 heteroatoms. The number of hydrogen-bond donors (Lipinski definition) is 0. The number of thioether (sulfide) groups is 1. The minimum Gasteiger partial charge on any atom is -0.299 e. The van der Waals surface area contributed by atoms with Crippen molar-refractivity contribution in [3.63, 3.8) is 0 Å². The molecule has 2 fully saturated rings. The number of ketones is 1. The lowest BCUT2D eigenvalue weighted by Gasteiger charge is -2.25. The van der Waals surface area contributed by atoms with Gasteiger partial charge in [0.25, 0.3) is 0 Å². The van der Waals surface area contributed by atoms with Crippen LogP contribution in [0, 0.1) is 0 Å². The van der Waals surface area contributed by atoms with E-state index in [1.165, 1.54) is 24.2 Å². The van der Waals surface area contributed by atoms with Crippen molar-refractivity contribution >= 4 is 17.5 Å². The van der Waals surface area contributed by atoms with E-state index >= 15 is 0 Å². The van der Waals surface area contributed by atoms with E-state index in [9.17, 15) is 4.79 Å². The Morgan fingerprint density at radius 2 is 1.90 bits per heavy atom. The van der Waals surface area contributed by atoms with Crippen LogP contribution in [-0.4, -0.2) is 60.6 Å². The fraction of sp³-hybridized carbons (Fsp3) is 0.588. The molecule has 3 rings (SSSR count). The molecular weight excluding hydrogens is 280 g/mol. The maximum atomic E-state index is 12.5. The molecular formula is C17H24N2OS. The van der Waals surface area contributed by atoms with E-state index in [0.29, 0.717) is 12.6 Å². The van der Waals surface area contributed by atoms with E-state index in [0.717, 1.165) is 24.7 Å². The van der Waals surface area contributed by atoms with Gasteiger partial charge in [0, 0.05) is 35.6 Å². The van der Waals surface area contributed by atoms with Gasteiger partial charge in [-0.05, 0) is 44.7 Å². The SMILES string of the molecule is CSc1ccc(C(=O)CN2CCC3CCC(C2)N3C)cc1. The van der Waals surface area contributed by atoms with Gasteiger partial charge in [0.1, 0.15) is 0 Å². The molecule has 0 aromatic heterocycles. The number of nitrogens with zero attached hydrogens (tertiary/aromatic N) is 2. The van der Waals surface area contributed by atoms with Gasteiger partial charge in [0.05, 0.1) is 6.54 Å². The van der Waals surface area contributed by atoms with Crippen molar-refractivity contribution < 1.29 is 4.79 Å². The molecule has 0 spiro atoms. The summed E-state index contributed by atoms with van der Waals surface area (Å²) in [5, 5.41) is 0. The summed E-state index contributed by atoms with van der Waals surface area (Å²) in [6.45, 7) is 2.66. The number of carbonyl (C=O) groups is 1. The molecule has 2 heterocycles. The van der Waals surface area contributed by atoms with Crippen LogP contribution in [0.4, 0.5) is 0 Å². The maximum absolute atomic E-state index is 12.5. The average molecular weight is 304 g/mol. The van der Waals surface area contributed by atoms with E-state index in [1.807, 2.05) is 24.3 Å². The molecule has 21 heavy (non-hydrogen) atoms. The Hall–Kier alpha value is -0.840. The predicted octanol–water partition coefficient (Wildman–Crippen LogP) is 2.76. The highest BCUT2D eigenvalue weighted by molar-refractivity contribution is 7.98. The van der Waals surface area contributed by atoms with Gasteiger partial charge in [-0.1, -0.05) is 12.1 Å². The second-order valence-electron chi connectivity index (χ2n) is 6.23. The molecule has 0 amide bonds. The van der Waals surface area contributed by atoms with Gasteiger partial charge >= 0.3 is 0 Å². The van der Waals surface area contributed by atoms with E-state index < -0.39 is 0 Å². The standard InChI is InChI=1S/C17H24N2OS/c1-18-14-5-6-15(18)11-19(10-9-14)12-17(20)13-3-7-16(21-2)8-4-13/h3-4,7-8,14-15H,5-6,9-12H2,1-2H3. The third kappa shape index (κ3) is 3.33. The van der Waals surface area contributed by atoms with Gasteiger partial charge in [-0.3, -0.25) is 14.6 Å². The fourth-order valence-corrected chi connectivity index (χ4v) is 4.00. The first kappa shape index (κ1) is 15.1. The number of likely N-dealkylation sites (tertiary alicyclic amines) is 1. The summed E-state index contributed by atoms with van der Waals surface area (Å²) in [6, 6.07) is 9.38. The summed E-state index contributed by atoms with van der Waals surface area (Å²) < 4.78 is 0. The molecule has 1 aromatic rings. The topological polar surface area (TPSA) is 23.6 Å². The molecule has 2 aliphatic rings. The summed E-state index contributed by atoms with van der Waals surface area (Å²) in [7, 11) is 2.24. The van der Waals surface area contributed by atoms with E-state index in [2.05, 4.69) is 23.1 Å². The van der Waals surface area contributed by atoms with Gasteiger partial charge in [0.15, 0.2) is 5.78 Å². The Bertz CT molecular complexity index is 502. The van der Waals surface area contributed by atoms with Crippen LogP contribution in [0.5, 0.6) is 0 Å². The van der Waals surface area contributed by atoms with Crippen molar-refractivity contribution in [2.24, 2.45) is 0 Å². The van der Waals surface area contributed by atoms with Crippen molar-refractivity contribution in [1.82, 2.24) is 9.80 Å². The van der Waals surface area contributed by atoms with Gasteiger partial charge < -0.3 is 0 Å². The minimum atomic E-state index is 0.253. The van der Waals surface area contributed by atoms with Gasteiger partial charge in [-0.2, -0.15) is 0 Å². The van der Waals surface area contributed by atoms with Crippen molar-refractivity contribution in [3.8, 4) is 0 Å². The highest BCUT2D eigenvalue weighted by Gasteiger charge is 2.34. The molecule has 114 valence electrons. The molecule has 2 bridgehead atoms. The zero-order valence-electron chi connectivity index (χ0n) is 12.9. The van der Waals surface area contributed by atoms with Gasteiger partial charge in [0.2, 0.25) is 0 Å². The third-order valence-electron chi connectivity index (χ3n) is 5.01. The average Bonchev–Trinajstić information content (AvgIpc) is 2.75. The highest BCUT2D eigenvalue weighted by Crippen LogP contribution is 2.28. The van der Waals surface area contributed by atoms with Crippen LogP contribution in [-0.2, 0) is 0 Å². The second-order valence-corrected chi connectivity index (χ2v) is 7.11. The van der Waals surface area contributed by atoms with Crippen LogP contribution in [0.3, 0.4) is 0 Å². The molecule has 0 aliphatic carbocycles. The van der Waals surface area contributed by atoms with Crippen LogP contribution >= 0.6 is 11.8 Å². The number of likely N-dealkylation sites (N-methyl/N-ethyl adjacent to an activating group) is 1. The molecule has 1 aromatic carbocycles. The van der Waals surface area contributed by atoms with Crippen molar-refractivity contribution in [2.75, 3.05) is 32.9 Å². The monoisotopic (exact) mass is 304 g/mol. The highest BCUT2D eigenvalue weighted by atomic mass is 32.2. The van der Waals surface area contributed by atoms with Crippen molar-refractivity contribution in [2.45, 2.75) is 36.2 Å². The number of hydrogen-bond acceptors (Lipinski definition) is 4. The molecule has 2 unspecified atom stereocenters. The zero-order chi connectivity index (χ0) is 14.8. The Morgan fingerprint density at radius 3 is 2.62 bits per heavy atom. The van der Waals surface area contributed by atoms with Crippen molar-refractivity contribution in [1.29, 1.82) is 0 Å². The van der Waals surface area contributed by atoms with E-state index in [4.69, 9.17) is 0 Å². The lowest BCUT2D eigenvalue weighted by molar-refractivity contribution is 0.0923. The molecule has 2 saturated heterocycles. The molecule has 2 aliphatic heterocycles. The summed E-state index contributed by atoms with van der Waals surface area (Å²) in [5.41, 5.74) is 0.843. The van der Waals surface area contributed by atoms with Crippen LogP contribution < -0.4 is 0 Å². The smallest absolute Gasteiger partial charge is 0.176 e. The summed E-state index contributed by atoms with van der Waals surface area (Å²) in [4.78, 5) is 18.5. The molecule has 0 N–H and O–H groups in total. The first-order valence-electron chi connectivity index (χ1n) is 7.79. The molecule has 2 atom stereocenters. The number of Topliss-reactive ketones (excluding diaryl/α,β-unsaturated/α-hetero) is 1. The normalized spacial score (nSPS) is 26.8. The number of carbonyl (C=O) groups excluding carboxylic acids is 1. The lowest BCUT2D eigenvalue weighted by Crippen LogP contribution is -2.38. The van der Waals surface area contributed by atoms with E-state index in [1.54, 1.807) is 11.8 Å². The molecule has 0 radical (unpaired) electrons. The summed E-state index contributed by atoms with van der Waals surface area (Å²) in [6.07, 6.45) is 5.87. The Morgan fingerprint density at radius 1 is 1.19 bits per heavy atom. The second kappa shape index (κ2) is 6.51. The largest absolute Gasteiger partial charge is 0.299 e.